The Bertz CT molecular complexity index is 3030. The van der Waals surface area contributed by atoms with E-state index in [9.17, 15) is 0 Å². The normalized spacial score (nSPS) is 21.1. The minimum atomic E-state index is -3.54. The average Bonchev–Trinajstić information content (AvgIpc) is 3.29. The molecule has 0 spiro atoms. The maximum Gasteiger partial charge on any atom is 0.145 e. The van der Waals surface area contributed by atoms with Crippen molar-refractivity contribution in [3.63, 3.8) is 0 Å². The Hall–Kier alpha value is -5.64. The second-order valence-corrected chi connectivity index (χ2v) is 18.1. The number of para-hydroxylation sites is 4. The molecule has 0 N–H and O–H groups in total. The number of benzene rings is 7. The third-order valence-electron chi connectivity index (χ3n) is 11.0. The van der Waals surface area contributed by atoms with Crippen molar-refractivity contribution in [1.29, 1.82) is 0 Å². The molecule has 0 unspecified atom stereocenters. The monoisotopic (exact) mass is 736 g/mol. The Labute approximate surface area is 346 Å². The van der Waals surface area contributed by atoms with Gasteiger partial charge in [0.25, 0.3) is 0 Å². The van der Waals surface area contributed by atoms with Crippen molar-refractivity contribution in [1.82, 2.24) is 0 Å². The summed E-state index contributed by atoms with van der Waals surface area (Å²) in [5, 5.41) is 1.98. The lowest BCUT2D eigenvalue weighted by molar-refractivity contribution is 0.419. The molecule has 9 rings (SSSR count). The number of hydrogen-bond acceptors (Lipinski definition) is 2. The standard InChI is InChI=1S/C51H46O2Si/c1-33-27-29-36(31-40(33)38-19-15-23-44-48(38)52-46-25-13-11-21-42(46)50(44,3)4)54(7,35-17-9-8-10-18-35)37-30-28-34(2)41(32-37)39-20-16-24-45-49(39)53-47-26-14-12-22-43(47)51(45,5)6/h8-32H,1-7H3/i1D3,2D3,3D3,4D3,5D3,6D3. The fourth-order valence-electron chi connectivity index (χ4n) is 7.98. The molecule has 0 atom stereocenters. The smallest absolute Gasteiger partial charge is 0.145 e. The third-order valence-corrected chi connectivity index (χ3v) is 15.4. The summed E-state index contributed by atoms with van der Waals surface area (Å²) in [6, 6.07) is 39.8. The summed E-state index contributed by atoms with van der Waals surface area (Å²) in [6.45, 7) is -16.2. The van der Waals surface area contributed by atoms with Crippen LogP contribution in [0.15, 0.2) is 152 Å². The molecule has 0 aromatic heterocycles. The molecule has 0 bridgehead atoms. The molecule has 54 heavy (non-hydrogen) atoms. The van der Waals surface area contributed by atoms with E-state index < -0.39 is 60.0 Å². The highest BCUT2D eigenvalue weighted by molar-refractivity contribution is 7.10. The second kappa shape index (κ2) is 12.5. The largest absolute Gasteiger partial charge is 0.456 e. The Balaban J connectivity index is 1.34. The minimum Gasteiger partial charge on any atom is -0.456 e. The first-order valence-electron chi connectivity index (χ1n) is 26.6. The van der Waals surface area contributed by atoms with Gasteiger partial charge < -0.3 is 9.47 Å². The van der Waals surface area contributed by atoms with Crippen molar-refractivity contribution in [2.45, 2.75) is 58.5 Å². The van der Waals surface area contributed by atoms with Crippen LogP contribution in [-0.2, 0) is 10.8 Å². The lowest BCUT2D eigenvalue weighted by Crippen LogP contribution is -2.64. The van der Waals surface area contributed by atoms with E-state index in [1.807, 2.05) is 36.9 Å². The molecule has 0 saturated heterocycles. The fraction of sp³-hybridized carbons (Fsp3) is 0.176. The number of fused-ring (bicyclic) bond motifs is 4. The summed E-state index contributed by atoms with van der Waals surface area (Å²) in [4.78, 5) is 0. The molecule has 0 amide bonds. The van der Waals surface area contributed by atoms with Crippen LogP contribution in [0.3, 0.4) is 0 Å². The molecule has 3 heteroatoms. The van der Waals surface area contributed by atoms with Crippen LogP contribution in [-0.4, -0.2) is 8.07 Å². The highest BCUT2D eigenvalue weighted by Crippen LogP contribution is 2.53. The zero-order valence-electron chi connectivity index (χ0n) is 47.3. The zero-order valence-corrected chi connectivity index (χ0v) is 30.3. The van der Waals surface area contributed by atoms with E-state index in [1.54, 1.807) is 48.5 Å². The van der Waals surface area contributed by atoms with E-state index in [0.717, 1.165) is 5.19 Å². The van der Waals surface area contributed by atoms with E-state index in [0.29, 0.717) is 10.4 Å². The molecule has 0 aliphatic carbocycles. The quantitative estimate of drug-likeness (QED) is 0.129. The number of aryl methyl sites for hydroxylation is 2. The molecule has 266 valence electrons. The predicted octanol–water partition coefficient (Wildman–Crippen LogP) is 11.6. The van der Waals surface area contributed by atoms with Crippen LogP contribution in [0.5, 0.6) is 23.0 Å². The second-order valence-electron chi connectivity index (χ2n) is 14.1. The van der Waals surface area contributed by atoms with Crippen LogP contribution < -0.4 is 25.0 Å². The lowest BCUT2D eigenvalue weighted by atomic mass is 9.74. The molecular formula is C51H46O2Si. The Morgan fingerprint density at radius 2 is 0.870 bits per heavy atom. The molecule has 7 aromatic rings. The van der Waals surface area contributed by atoms with Crippen LogP contribution in [0.4, 0.5) is 0 Å². The SMILES string of the molecule is [2H]C([2H])([2H])c1ccc([Si](C)(c2ccccc2)c2ccc(C([2H])([2H])[2H])c(-c3cccc4c3Oc3ccccc3C4(C([2H])([2H])[2H])C([2H])([2H])[2H])c2)cc1-c1cccc2c1Oc1ccccc1C2(C([2H])([2H])[2H])C([2H])([2H])[2H]. The van der Waals surface area contributed by atoms with E-state index in [2.05, 4.69) is 0 Å². The van der Waals surface area contributed by atoms with Gasteiger partial charge in [-0.3, -0.25) is 0 Å². The van der Waals surface area contributed by atoms with Crippen molar-refractivity contribution in [3.8, 4) is 45.3 Å². The van der Waals surface area contributed by atoms with Crippen LogP contribution in [0.1, 0.15) is 85.5 Å². The molecule has 2 nitrogen and oxygen atoms in total. The number of hydrogen-bond donors (Lipinski definition) is 0. The molecule has 7 aromatic carbocycles. The highest BCUT2D eigenvalue weighted by atomic mass is 28.3. The van der Waals surface area contributed by atoms with Crippen molar-refractivity contribution in [2.24, 2.45) is 0 Å². The Morgan fingerprint density at radius 3 is 1.33 bits per heavy atom. The summed E-state index contributed by atoms with van der Waals surface area (Å²) in [7, 11) is -3.54. The van der Waals surface area contributed by atoms with E-state index in [1.165, 1.54) is 72.8 Å². The first-order chi connectivity index (χ1) is 33.4. The highest BCUT2D eigenvalue weighted by Gasteiger charge is 2.39. The van der Waals surface area contributed by atoms with Gasteiger partial charge in [-0.25, -0.2) is 0 Å². The molecule has 0 radical (unpaired) electrons. The van der Waals surface area contributed by atoms with Gasteiger partial charge in [-0.2, -0.15) is 0 Å². The topological polar surface area (TPSA) is 18.5 Å². The van der Waals surface area contributed by atoms with Crippen molar-refractivity contribution >= 4 is 23.6 Å². The summed E-state index contributed by atoms with van der Waals surface area (Å²) < 4.78 is 172. The van der Waals surface area contributed by atoms with Gasteiger partial charge in [-0.1, -0.05) is 173 Å². The van der Waals surface area contributed by atoms with Gasteiger partial charge in [-0.05, 0) is 63.7 Å². The van der Waals surface area contributed by atoms with E-state index in [4.69, 9.17) is 34.1 Å². The van der Waals surface area contributed by atoms with Crippen molar-refractivity contribution in [2.75, 3.05) is 0 Å². The molecule has 2 aliphatic heterocycles. The van der Waals surface area contributed by atoms with Gasteiger partial charge in [0.2, 0.25) is 0 Å². The lowest BCUT2D eigenvalue weighted by Gasteiger charge is -2.36. The maximum atomic E-state index is 8.85. The summed E-state index contributed by atoms with van der Waals surface area (Å²) in [5.74, 6) is -0.322. The van der Waals surface area contributed by atoms with Crippen molar-refractivity contribution in [3.05, 3.63) is 185 Å². The predicted molar refractivity (Wildman–Crippen MR) is 227 cm³/mol. The van der Waals surface area contributed by atoms with Crippen LogP contribution in [0, 0.1) is 13.7 Å². The van der Waals surface area contributed by atoms with Crippen LogP contribution >= 0.6 is 0 Å². The first-order valence-corrected chi connectivity index (χ1v) is 20.1. The van der Waals surface area contributed by atoms with Gasteiger partial charge in [-0.15, -0.1) is 0 Å². The number of rotatable bonds is 5. The van der Waals surface area contributed by atoms with Crippen LogP contribution in [0.25, 0.3) is 22.3 Å². The molecule has 2 aliphatic rings. The van der Waals surface area contributed by atoms with Gasteiger partial charge in [0.15, 0.2) is 0 Å². The number of ether oxygens (including phenoxy) is 2. The Morgan fingerprint density at radius 1 is 0.426 bits per heavy atom. The van der Waals surface area contributed by atoms with Gasteiger partial charge >= 0.3 is 0 Å². The Kier molecular flexibility index (Phi) is 4.53. The third kappa shape index (κ3) is 5.13. The zero-order chi connectivity index (χ0) is 52.4. The first kappa shape index (κ1) is 19.6. The molecule has 0 fully saturated rings. The summed E-state index contributed by atoms with van der Waals surface area (Å²) >= 11 is 0. The van der Waals surface area contributed by atoms with E-state index in [-0.39, 0.29) is 78.6 Å². The van der Waals surface area contributed by atoms with Gasteiger partial charge in [0.05, 0.1) is 0 Å². The van der Waals surface area contributed by atoms with Crippen molar-refractivity contribution < 1.29 is 34.1 Å². The molecular weight excluding hydrogens is 673 g/mol. The van der Waals surface area contributed by atoms with Gasteiger partial charge in [0, 0.05) is 68.9 Å². The fourth-order valence-corrected chi connectivity index (χ4v) is 11.5. The van der Waals surface area contributed by atoms with Crippen LogP contribution in [0.2, 0.25) is 6.55 Å². The molecule has 0 saturated carbocycles. The minimum absolute atomic E-state index is 0.0211. The maximum absolute atomic E-state index is 8.85. The van der Waals surface area contributed by atoms with Gasteiger partial charge in [0.1, 0.15) is 31.1 Å². The van der Waals surface area contributed by atoms with E-state index >= 15 is 0 Å². The average molecular weight is 737 g/mol. The molecule has 2 heterocycles. The summed E-state index contributed by atoms with van der Waals surface area (Å²) in [6.07, 6.45) is 0. The summed E-state index contributed by atoms with van der Waals surface area (Å²) in [5.41, 5.74) is -5.51.